The highest BCUT2D eigenvalue weighted by Crippen LogP contribution is 2.38. The van der Waals surface area contributed by atoms with E-state index in [1.807, 2.05) is 0 Å². The number of nitrogens with zero attached hydrogens (tertiary/aromatic N) is 2. The van der Waals surface area contributed by atoms with Gasteiger partial charge in [-0.3, -0.25) is 10.0 Å². The van der Waals surface area contributed by atoms with Crippen molar-refractivity contribution in [2.75, 3.05) is 18.4 Å². The lowest BCUT2D eigenvalue weighted by Crippen LogP contribution is -2.31. The van der Waals surface area contributed by atoms with Crippen molar-refractivity contribution in [2.24, 2.45) is 0 Å². The molecule has 8 nitrogen and oxygen atoms in total. The molecule has 0 radical (unpaired) electrons. The van der Waals surface area contributed by atoms with Gasteiger partial charge in [-0.05, 0) is 31.5 Å². The molecule has 1 aliphatic rings. The molecular weight excluding hydrogens is 449 g/mol. The van der Waals surface area contributed by atoms with Gasteiger partial charge in [0.2, 0.25) is 5.95 Å². The van der Waals surface area contributed by atoms with Crippen molar-refractivity contribution in [3.8, 4) is 11.3 Å². The Morgan fingerprint density at radius 2 is 2.06 bits per heavy atom. The molecule has 0 spiro atoms. The lowest BCUT2D eigenvalue weighted by Gasteiger charge is -2.18. The van der Waals surface area contributed by atoms with Crippen LogP contribution in [0.15, 0.2) is 30.6 Å². The summed E-state index contributed by atoms with van der Waals surface area (Å²) in [5, 5.41) is 15.7. The fraction of sp³-hybridized carbons (Fsp3) is 0.350. The van der Waals surface area contributed by atoms with E-state index in [4.69, 9.17) is 5.21 Å². The number of hydrogen-bond acceptors (Lipinski definition) is 6. The van der Waals surface area contributed by atoms with E-state index in [1.54, 1.807) is 0 Å². The Kier molecular flexibility index (Phi) is 7.22. The van der Waals surface area contributed by atoms with E-state index in [0.29, 0.717) is 17.4 Å². The van der Waals surface area contributed by atoms with E-state index in [2.05, 4.69) is 25.6 Å². The Hall–Kier alpha value is -2.89. The lowest BCUT2D eigenvalue weighted by molar-refractivity contribution is -0.137. The molecule has 0 bridgehead atoms. The number of anilines is 1. The van der Waals surface area contributed by atoms with Gasteiger partial charge in [-0.2, -0.15) is 13.2 Å². The van der Waals surface area contributed by atoms with Gasteiger partial charge < -0.3 is 15.6 Å². The monoisotopic (exact) mass is 470 g/mol. The standard InChI is InChI=1S/C20H21F3N6O2.ClH/c21-20(22,23)15-10-26-19(27-12-3-1-2-6-24-8-12)28-17(15)14-9-25-16-7-11(18(30)29-31)4-5-13(14)16;/h4-5,7,9-10,12,24-25,31H,1-3,6,8H2,(H,29,30)(H,26,27,28);1H/t12-;/m0./s1. The summed E-state index contributed by atoms with van der Waals surface area (Å²) < 4.78 is 41.1. The zero-order valence-electron chi connectivity index (χ0n) is 16.8. The van der Waals surface area contributed by atoms with Gasteiger partial charge >= 0.3 is 6.18 Å². The molecule has 4 rings (SSSR count). The van der Waals surface area contributed by atoms with Crippen LogP contribution in [0.3, 0.4) is 0 Å². The van der Waals surface area contributed by atoms with Crippen LogP contribution in [-0.4, -0.2) is 45.2 Å². The number of benzene rings is 1. The highest BCUT2D eigenvalue weighted by Gasteiger charge is 2.36. The number of H-pyrrole nitrogens is 1. The molecule has 1 fully saturated rings. The number of carbonyl (C=O) groups is 1. The Balaban J connectivity index is 0.00000289. The van der Waals surface area contributed by atoms with Crippen LogP contribution >= 0.6 is 12.4 Å². The number of rotatable bonds is 4. The normalized spacial score (nSPS) is 16.8. The zero-order chi connectivity index (χ0) is 22.0. The summed E-state index contributed by atoms with van der Waals surface area (Å²) in [6.45, 7) is 1.59. The average Bonchev–Trinajstić information content (AvgIpc) is 3.00. The molecule has 0 unspecified atom stereocenters. The summed E-state index contributed by atoms with van der Waals surface area (Å²) >= 11 is 0. The minimum absolute atomic E-state index is 0. The van der Waals surface area contributed by atoms with Crippen molar-refractivity contribution >= 4 is 35.2 Å². The van der Waals surface area contributed by atoms with Crippen LogP contribution in [0, 0.1) is 0 Å². The second-order valence-corrected chi connectivity index (χ2v) is 7.40. The van der Waals surface area contributed by atoms with E-state index in [1.165, 1.54) is 29.9 Å². The predicted octanol–water partition coefficient (Wildman–Crippen LogP) is 3.74. The molecule has 2 aromatic heterocycles. The zero-order valence-corrected chi connectivity index (χ0v) is 17.6. The SMILES string of the molecule is Cl.O=C(NO)c1ccc2c(-c3nc(N[C@H]4CCCCNC4)ncc3C(F)(F)F)c[nH]c2c1. The molecule has 3 heterocycles. The second kappa shape index (κ2) is 9.72. The summed E-state index contributed by atoms with van der Waals surface area (Å²) in [6, 6.07) is 4.39. The van der Waals surface area contributed by atoms with Gasteiger partial charge in [-0.15, -0.1) is 12.4 Å². The highest BCUT2D eigenvalue weighted by atomic mass is 35.5. The maximum absolute atomic E-state index is 13.7. The summed E-state index contributed by atoms with van der Waals surface area (Å²) in [4.78, 5) is 22.6. The summed E-state index contributed by atoms with van der Waals surface area (Å²) in [5.74, 6) is -0.595. The molecule has 1 aliphatic heterocycles. The van der Waals surface area contributed by atoms with Crippen molar-refractivity contribution < 1.29 is 23.2 Å². The smallest absolute Gasteiger partial charge is 0.360 e. The van der Waals surface area contributed by atoms with Crippen LogP contribution in [0.25, 0.3) is 22.2 Å². The van der Waals surface area contributed by atoms with Gasteiger partial charge in [0, 0.05) is 47.0 Å². The fourth-order valence-electron chi connectivity index (χ4n) is 3.72. The van der Waals surface area contributed by atoms with Gasteiger partial charge in [0.05, 0.1) is 5.69 Å². The van der Waals surface area contributed by atoms with Gasteiger partial charge in [0.1, 0.15) is 5.56 Å². The van der Waals surface area contributed by atoms with E-state index >= 15 is 0 Å². The number of aromatic nitrogens is 3. The van der Waals surface area contributed by atoms with Gasteiger partial charge in [0.25, 0.3) is 5.91 Å². The van der Waals surface area contributed by atoms with Crippen molar-refractivity contribution in [3.63, 3.8) is 0 Å². The van der Waals surface area contributed by atoms with Gasteiger partial charge in [0.15, 0.2) is 0 Å². The first kappa shape index (κ1) is 23.8. The van der Waals surface area contributed by atoms with E-state index in [9.17, 15) is 18.0 Å². The van der Waals surface area contributed by atoms with Gasteiger partial charge in [-0.1, -0.05) is 12.5 Å². The minimum Gasteiger partial charge on any atom is -0.360 e. The summed E-state index contributed by atoms with van der Waals surface area (Å²) in [7, 11) is 0. The molecule has 3 aromatic rings. The first-order chi connectivity index (χ1) is 14.9. The minimum atomic E-state index is -4.64. The molecule has 1 aromatic carbocycles. The number of halogens is 4. The van der Waals surface area contributed by atoms with Crippen molar-refractivity contribution in [1.82, 2.24) is 25.7 Å². The third-order valence-corrected chi connectivity index (χ3v) is 5.27. The highest BCUT2D eigenvalue weighted by molar-refractivity contribution is 6.01. The Labute approximate surface area is 187 Å². The fourth-order valence-corrected chi connectivity index (χ4v) is 3.72. The molecule has 32 heavy (non-hydrogen) atoms. The quantitative estimate of drug-likeness (QED) is 0.293. The topological polar surface area (TPSA) is 115 Å². The first-order valence-corrected chi connectivity index (χ1v) is 9.84. The molecule has 1 amide bonds. The number of alkyl halides is 3. The van der Waals surface area contributed by atoms with Crippen LogP contribution in [0.5, 0.6) is 0 Å². The summed E-state index contributed by atoms with van der Waals surface area (Å²) in [6.07, 6.45) is 0.488. The Morgan fingerprint density at radius 3 is 2.81 bits per heavy atom. The number of aromatic amines is 1. The number of hydroxylamine groups is 1. The van der Waals surface area contributed by atoms with Crippen molar-refractivity contribution in [1.29, 1.82) is 0 Å². The largest absolute Gasteiger partial charge is 0.419 e. The third-order valence-electron chi connectivity index (χ3n) is 5.27. The predicted molar refractivity (Wildman–Crippen MR) is 115 cm³/mol. The van der Waals surface area contributed by atoms with E-state index < -0.39 is 17.6 Å². The molecule has 1 atom stereocenters. The van der Waals surface area contributed by atoms with Crippen LogP contribution in [0.1, 0.15) is 35.2 Å². The Morgan fingerprint density at radius 1 is 1.25 bits per heavy atom. The molecule has 0 saturated carbocycles. The van der Waals surface area contributed by atoms with Crippen LogP contribution in [0.4, 0.5) is 19.1 Å². The molecule has 5 N–H and O–H groups in total. The van der Waals surface area contributed by atoms with Crippen LogP contribution in [-0.2, 0) is 6.18 Å². The molecule has 172 valence electrons. The number of hydrogen-bond donors (Lipinski definition) is 5. The maximum Gasteiger partial charge on any atom is 0.419 e. The summed E-state index contributed by atoms with van der Waals surface area (Å²) in [5.41, 5.74) is 1.16. The third kappa shape index (κ3) is 4.95. The number of carbonyl (C=O) groups excluding carboxylic acids is 1. The van der Waals surface area contributed by atoms with Crippen LogP contribution in [0.2, 0.25) is 0 Å². The Bertz CT molecular complexity index is 1100. The van der Waals surface area contributed by atoms with Crippen molar-refractivity contribution in [2.45, 2.75) is 31.5 Å². The number of nitrogens with one attached hydrogen (secondary N) is 4. The van der Waals surface area contributed by atoms with Crippen LogP contribution < -0.4 is 16.1 Å². The molecule has 12 heteroatoms. The van der Waals surface area contributed by atoms with Crippen molar-refractivity contribution in [3.05, 3.63) is 41.7 Å². The number of amides is 1. The molecule has 1 saturated heterocycles. The number of fused-ring (bicyclic) bond motifs is 1. The van der Waals surface area contributed by atoms with Gasteiger partial charge in [-0.25, -0.2) is 15.4 Å². The maximum atomic E-state index is 13.7. The van der Waals surface area contributed by atoms with E-state index in [0.717, 1.165) is 32.0 Å². The molecule has 0 aliphatic carbocycles. The lowest BCUT2D eigenvalue weighted by atomic mass is 10.0. The second-order valence-electron chi connectivity index (χ2n) is 7.40. The first-order valence-electron chi connectivity index (χ1n) is 9.84. The molecular formula is C20H22ClF3N6O2. The van der Waals surface area contributed by atoms with E-state index in [-0.39, 0.29) is 41.2 Å². The average molecular weight is 471 g/mol.